The van der Waals surface area contributed by atoms with Crippen molar-refractivity contribution in [3.63, 3.8) is 0 Å². The van der Waals surface area contributed by atoms with E-state index in [1.165, 1.54) is 0 Å². The molecule has 2 aromatic carbocycles. The third kappa shape index (κ3) is 7.95. The molecular formula is C37H51B2N5O7S. The number of sulfonamides is 1. The number of piperidine rings is 3. The second kappa shape index (κ2) is 15.3. The number of hydrogen-bond acceptors (Lipinski definition) is 7. The third-order valence-electron chi connectivity index (χ3n) is 12.1. The van der Waals surface area contributed by atoms with E-state index in [4.69, 9.17) is 4.74 Å². The number of amides is 4. The van der Waals surface area contributed by atoms with Crippen LogP contribution in [0.2, 0.25) is 0 Å². The summed E-state index contributed by atoms with van der Waals surface area (Å²) < 4.78 is 33.2. The number of fused-ring (bicyclic) bond motifs is 1. The van der Waals surface area contributed by atoms with Crippen molar-refractivity contribution in [1.29, 1.82) is 0 Å². The number of hydrogen-bond donors (Lipinski definition) is 2. The molecular weight excluding hydrogens is 680 g/mol. The van der Waals surface area contributed by atoms with Crippen LogP contribution < -0.4 is 16.2 Å². The zero-order chi connectivity index (χ0) is 36.6. The molecule has 4 aliphatic heterocycles. The zero-order valence-corrected chi connectivity index (χ0v) is 31.3. The van der Waals surface area contributed by atoms with Crippen LogP contribution in [-0.2, 0) is 32.4 Å². The Morgan fingerprint density at radius 2 is 1.44 bits per heavy atom. The molecule has 4 amide bonds. The van der Waals surface area contributed by atoms with Gasteiger partial charge in [0.1, 0.15) is 21.4 Å². The van der Waals surface area contributed by atoms with Gasteiger partial charge in [-0.05, 0) is 97.7 Å². The Morgan fingerprint density at radius 3 is 2.08 bits per heavy atom. The highest BCUT2D eigenvalue weighted by molar-refractivity contribution is 7.90. The molecule has 0 bridgehead atoms. The van der Waals surface area contributed by atoms with Crippen molar-refractivity contribution in [1.82, 2.24) is 19.0 Å². The summed E-state index contributed by atoms with van der Waals surface area (Å²) in [6, 6.07) is 11.4. The number of benzene rings is 2. The van der Waals surface area contributed by atoms with E-state index in [2.05, 4.69) is 5.32 Å². The van der Waals surface area contributed by atoms with Crippen LogP contribution in [0, 0.1) is 11.8 Å². The number of likely N-dealkylation sites (tertiary alicyclic amines) is 2. The van der Waals surface area contributed by atoms with Crippen molar-refractivity contribution < 1.29 is 32.6 Å². The van der Waals surface area contributed by atoms with E-state index in [-0.39, 0.29) is 35.4 Å². The molecule has 52 heavy (non-hydrogen) atoms. The zero-order valence-electron chi connectivity index (χ0n) is 30.5. The van der Waals surface area contributed by atoms with Gasteiger partial charge in [-0.15, -0.1) is 0 Å². The molecule has 1 saturated carbocycles. The minimum atomic E-state index is -3.14. The van der Waals surface area contributed by atoms with Crippen LogP contribution in [0.25, 0.3) is 0 Å². The lowest BCUT2D eigenvalue weighted by atomic mass is 9.79. The number of para-hydroxylation sites is 1. The number of phenols is 1. The van der Waals surface area contributed by atoms with E-state index in [0.29, 0.717) is 81.4 Å². The molecule has 2 aromatic rings. The van der Waals surface area contributed by atoms with E-state index < -0.39 is 22.2 Å². The summed E-state index contributed by atoms with van der Waals surface area (Å²) in [4.78, 5) is 46.3. The van der Waals surface area contributed by atoms with E-state index in [0.717, 1.165) is 61.8 Å². The normalized spacial score (nSPS) is 22.0. The van der Waals surface area contributed by atoms with Crippen molar-refractivity contribution in [3.05, 3.63) is 47.5 Å². The van der Waals surface area contributed by atoms with Gasteiger partial charge < -0.3 is 29.9 Å². The number of urea groups is 1. The summed E-state index contributed by atoms with van der Waals surface area (Å²) in [7, 11) is 0.494. The molecule has 0 spiro atoms. The first-order valence-corrected chi connectivity index (χ1v) is 20.7. The molecule has 0 radical (unpaired) electrons. The molecule has 278 valence electrons. The van der Waals surface area contributed by atoms with Crippen LogP contribution in [0.3, 0.4) is 0 Å². The summed E-state index contributed by atoms with van der Waals surface area (Å²) in [6.45, 7) is 3.76. The topological polar surface area (TPSA) is 140 Å². The van der Waals surface area contributed by atoms with Crippen molar-refractivity contribution in [2.24, 2.45) is 11.8 Å². The lowest BCUT2D eigenvalue weighted by Crippen LogP contribution is -2.52. The molecule has 15 heteroatoms. The van der Waals surface area contributed by atoms with E-state index in [1.807, 2.05) is 61.9 Å². The molecule has 1 atom stereocenters. The van der Waals surface area contributed by atoms with Gasteiger partial charge >= 0.3 is 12.1 Å². The van der Waals surface area contributed by atoms with Gasteiger partial charge in [-0.1, -0.05) is 30.3 Å². The van der Waals surface area contributed by atoms with Crippen LogP contribution >= 0.6 is 0 Å². The Morgan fingerprint density at radius 1 is 0.846 bits per heavy atom. The number of phenolic OH excluding ortho intramolecular Hbond substituents is 1. The van der Waals surface area contributed by atoms with Crippen molar-refractivity contribution in [3.8, 4) is 5.75 Å². The Balaban J connectivity index is 0.959. The van der Waals surface area contributed by atoms with Crippen LogP contribution in [-0.4, -0.2) is 129 Å². The van der Waals surface area contributed by atoms with Gasteiger partial charge in [0.15, 0.2) is 6.10 Å². The van der Waals surface area contributed by atoms with Crippen LogP contribution in [0.15, 0.2) is 36.4 Å². The third-order valence-corrected chi connectivity index (χ3v) is 14.5. The van der Waals surface area contributed by atoms with E-state index in [9.17, 15) is 27.9 Å². The molecule has 5 aliphatic rings. The van der Waals surface area contributed by atoms with Gasteiger partial charge in [0, 0.05) is 64.0 Å². The first kappa shape index (κ1) is 36.6. The van der Waals surface area contributed by atoms with E-state index >= 15 is 0 Å². The second-order valence-corrected chi connectivity index (χ2v) is 17.8. The molecule has 3 saturated heterocycles. The number of anilines is 1. The van der Waals surface area contributed by atoms with Gasteiger partial charge in [0.2, 0.25) is 10.0 Å². The first-order chi connectivity index (χ1) is 25.0. The standard InChI is InChI=1S/C37H51B2N5O7S/c38-30-21-24(22-31(39)34(30)45)23-33(35(46)41-14-7-25(8-15-41)26-9-18-43(19-10-26)52(49,50)29-5-6-29)51-37(48)42-16-12-28(13-17-42)44-20-11-27-3-1-2-4-32(27)40-36(44)47/h1-4,21-22,25-26,28-29,33,45H,5-20,23,38-39H2,(H,40,47)/t33-/m1/s1. The molecule has 1 aliphatic carbocycles. The average Bonchev–Trinajstić information content (AvgIpc) is 4.02. The maximum Gasteiger partial charge on any atom is 0.410 e. The van der Waals surface area contributed by atoms with Crippen molar-refractivity contribution in [2.75, 3.05) is 51.1 Å². The highest BCUT2D eigenvalue weighted by atomic mass is 32.2. The number of nitrogens with one attached hydrogen (secondary N) is 1. The van der Waals surface area contributed by atoms with Gasteiger partial charge in [0.05, 0.1) is 5.25 Å². The SMILES string of the molecule is Bc1cc(C[C@@H](OC(=O)N2CCC(N3CCc4ccccc4NC3=O)CC2)C(=O)N2CCC(C3CCN(S(=O)(=O)C4CC4)CC3)CC2)cc(B)c1O. The summed E-state index contributed by atoms with van der Waals surface area (Å²) in [5, 5.41) is 13.2. The average molecular weight is 732 g/mol. The monoisotopic (exact) mass is 731 g/mol. The molecule has 2 N–H and O–H groups in total. The quantitative estimate of drug-likeness (QED) is 0.386. The van der Waals surface area contributed by atoms with Crippen LogP contribution in [0.4, 0.5) is 15.3 Å². The summed E-state index contributed by atoms with van der Waals surface area (Å²) in [5.41, 5.74) is 4.17. The Kier molecular flexibility index (Phi) is 10.8. The molecule has 0 aromatic heterocycles. The predicted octanol–water partition coefficient (Wildman–Crippen LogP) is 0.954. The molecule has 4 heterocycles. The smallest absolute Gasteiger partial charge is 0.410 e. The van der Waals surface area contributed by atoms with Gasteiger partial charge in [0.25, 0.3) is 5.91 Å². The fourth-order valence-electron chi connectivity index (χ4n) is 8.82. The molecule has 4 fully saturated rings. The lowest BCUT2D eigenvalue weighted by Gasteiger charge is -2.41. The van der Waals surface area contributed by atoms with Crippen molar-refractivity contribution in [2.45, 2.75) is 81.6 Å². The van der Waals surface area contributed by atoms with Crippen LogP contribution in [0.1, 0.15) is 62.5 Å². The number of carbonyl (C=O) groups excluding carboxylic acids is 3. The van der Waals surface area contributed by atoms with Crippen LogP contribution in [0.5, 0.6) is 5.75 Å². The minimum absolute atomic E-state index is 0.00475. The number of ether oxygens (including phenoxy) is 1. The lowest BCUT2D eigenvalue weighted by molar-refractivity contribution is -0.142. The predicted molar refractivity (Wildman–Crippen MR) is 204 cm³/mol. The maximum absolute atomic E-state index is 14.1. The molecule has 0 unspecified atom stereocenters. The Hall–Kier alpha value is -3.71. The fourth-order valence-corrected chi connectivity index (χ4v) is 10.7. The first-order valence-electron chi connectivity index (χ1n) is 19.2. The minimum Gasteiger partial charge on any atom is -0.509 e. The number of carbonyl (C=O) groups is 3. The highest BCUT2D eigenvalue weighted by Crippen LogP contribution is 2.37. The number of aromatic hydroxyl groups is 1. The van der Waals surface area contributed by atoms with E-state index in [1.54, 1.807) is 9.21 Å². The number of nitrogens with zero attached hydrogens (tertiary/aromatic N) is 4. The Labute approximate surface area is 309 Å². The number of rotatable bonds is 8. The second-order valence-electron chi connectivity index (χ2n) is 15.5. The Bertz CT molecular complexity index is 1750. The van der Waals surface area contributed by atoms with Gasteiger partial charge in [-0.25, -0.2) is 22.3 Å². The molecule has 12 nitrogen and oxygen atoms in total. The van der Waals surface area contributed by atoms with Crippen molar-refractivity contribution >= 4 is 60.4 Å². The largest absolute Gasteiger partial charge is 0.509 e. The highest BCUT2D eigenvalue weighted by Gasteiger charge is 2.43. The summed E-state index contributed by atoms with van der Waals surface area (Å²) in [6.07, 6.45) is 5.61. The fraction of sp³-hybridized carbons (Fsp3) is 0.595. The maximum atomic E-state index is 14.1. The summed E-state index contributed by atoms with van der Waals surface area (Å²) >= 11 is 0. The van der Waals surface area contributed by atoms with Gasteiger partial charge in [-0.2, -0.15) is 0 Å². The van der Waals surface area contributed by atoms with Gasteiger partial charge in [-0.3, -0.25) is 4.79 Å². The summed E-state index contributed by atoms with van der Waals surface area (Å²) in [5.74, 6) is 0.876. The molecule has 7 rings (SSSR count).